The topological polar surface area (TPSA) is 111 Å². The lowest BCUT2D eigenvalue weighted by molar-refractivity contribution is -0.138. The number of hydrogen-bond acceptors (Lipinski definition) is 8. The van der Waals surface area contributed by atoms with Crippen LogP contribution in [0.2, 0.25) is 0 Å². The molecular formula is C22H24F4N8O2. The monoisotopic (exact) mass is 508 g/mol. The highest BCUT2D eigenvalue weighted by Crippen LogP contribution is 2.29. The summed E-state index contributed by atoms with van der Waals surface area (Å²) in [5, 5.41) is 7.27. The van der Waals surface area contributed by atoms with Crippen molar-refractivity contribution in [2.75, 3.05) is 18.4 Å². The third-order valence-electron chi connectivity index (χ3n) is 5.93. The number of nitrogens with zero attached hydrogens (tertiary/aromatic N) is 7. The van der Waals surface area contributed by atoms with Gasteiger partial charge >= 0.3 is 6.18 Å². The molecule has 0 aromatic carbocycles. The maximum Gasteiger partial charge on any atom is 0.419 e. The van der Waals surface area contributed by atoms with Crippen molar-refractivity contribution < 1.29 is 27.1 Å². The van der Waals surface area contributed by atoms with E-state index >= 15 is 0 Å². The molecule has 1 aliphatic rings. The number of rotatable bonds is 5. The molecule has 0 radical (unpaired) electrons. The summed E-state index contributed by atoms with van der Waals surface area (Å²) in [6.07, 6.45) is -1.85. The van der Waals surface area contributed by atoms with Crippen molar-refractivity contribution in [2.24, 2.45) is 7.05 Å². The Balaban J connectivity index is 1.61. The molecule has 1 saturated heterocycles. The minimum atomic E-state index is -4.55. The smallest absolute Gasteiger partial charge is 0.372 e. The van der Waals surface area contributed by atoms with E-state index in [1.54, 1.807) is 25.8 Å². The summed E-state index contributed by atoms with van der Waals surface area (Å²) < 4.78 is 59.2. The summed E-state index contributed by atoms with van der Waals surface area (Å²) in [6, 6.07) is -0.524. The molecule has 36 heavy (non-hydrogen) atoms. The van der Waals surface area contributed by atoms with Crippen molar-refractivity contribution in [1.29, 1.82) is 0 Å². The first kappa shape index (κ1) is 25.4. The van der Waals surface area contributed by atoms with Crippen LogP contribution in [-0.4, -0.2) is 71.9 Å². The van der Waals surface area contributed by atoms with E-state index in [0.717, 1.165) is 12.4 Å². The van der Waals surface area contributed by atoms with Gasteiger partial charge in [-0.2, -0.15) is 18.3 Å². The van der Waals surface area contributed by atoms with Gasteiger partial charge in [-0.3, -0.25) is 9.48 Å². The summed E-state index contributed by atoms with van der Waals surface area (Å²) in [5.41, 5.74) is 0.132. The molecule has 1 amide bonds. The average molecular weight is 508 g/mol. The maximum atomic E-state index is 13.8. The molecule has 0 unspecified atom stereocenters. The lowest BCUT2D eigenvalue weighted by Crippen LogP contribution is -2.58. The molecule has 1 N–H and O–H groups in total. The third-order valence-corrected chi connectivity index (χ3v) is 5.93. The van der Waals surface area contributed by atoms with E-state index in [-0.39, 0.29) is 36.7 Å². The number of aryl methyl sites for hydroxylation is 1. The number of ether oxygens (including phenoxy) is 1. The van der Waals surface area contributed by atoms with Crippen LogP contribution in [0.15, 0.2) is 24.8 Å². The normalized spacial score (nSPS) is 20.4. The Morgan fingerprint density at radius 3 is 2.39 bits per heavy atom. The fourth-order valence-corrected chi connectivity index (χ4v) is 4.04. The first-order chi connectivity index (χ1) is 17.0. The predicted octanol–water partition coefficient (Wildman–Crippen LogP) is 2.86. The van der Waals surface area contributed by atoms with E-state index in [4.69, 9.17) is 4.74 Å². The molecule has 10 nitrogen and oxygen atoms in total. The number of anilines is 1. The second-order valence-electron chi connectivity index (χ2n) is 8.51. The molecule has 192 valence electrons. The summed E-state index contributed by atoms with van der Waals surface area (Å²) in [7, 11) is 1.67. The van der Waals surface area contributed by atoms with E-state index in [2.05, 4.69) is 30.4 Å². The van der Waals surface area contributed by atoms with E-state index in [1.165, 1.54) is 4.68 Å². The van der Waals surface area contributed by atoms with E-state index < -0.39 is 35.6 Å². The molecule has 0 aliphatic carbocycles. The average Bonchev–Trinajstić information content (AvgIpc) is 3.12. The zero-order valence-electron chi connectivity index (χ0n) is 19.9. The van der Waals surface area contributed by atoms with Crippen molar-refractivity contribution >= 4 is 11.9 Å². The van der Waals surface area contributed by atoms with Gasteiger partial charge in [0.25, 0.3) is 5.91 Å². The van der Waals surface area contributed by atoms with Crippen LogP contribution in [0, 0.1) is 12.7 Å². The Labute approximate surface area is 203 Å². The Hall–Kier alpha value is -3.68. The Morgan fingerprint density at radius 2 is 1.78 bits per heavy atom. The van der Waals surface area contributed by atoms with Gasteiger partial charge in [0.05, 0.1) is 41.8 Å². The first-order valence-corrected chi connectivity index (χ1v) is 11.1. The molecule has 3 aromatic heterocycles. The summed E-state index contributed by atoms with van der Waals surface area (Å²) in [5.74, 6) is -0.882. The molecule has 4 heterocycles. The lowest BCUT2D eigenvalue weighted by atomic mass is 10.0. The van der Waals surface area contributed by atoms with E-state index in [1.807, 2.05) is 6.92 Å². The third kappa shape index (κ3) is 5.12. The largest absolute Gasteiger partial charge is 0.419 e. The van der Waals surface area contributed by atoms with Gasteiger partial charge in [-0.1, -0.05) is 0 Å². The molecule has 0 saturated carbocycles. The fraction of sp³-hybridized carbons (Fsp3) is 0.455. The Bertz CT molecular complexity index is 1230. The molecule has 3 atom stereocenters. The van der Waals surface area contributed by atoms with Crippen LogP contribution in [-0.2, 0) is 18.0 Å². The standard InChI is InChI=1S/C22H24F4N8O2/c1-11-10-34(16(13(3)36-11)9-31-21-29-5-14(6-30-21)22(24,25)26)20(35)18-17(12(2)33(4)32-18)19-27-7-15(23)8-28-19/h5-8,11,13,16H,9-10H2,1-4H3,(H,29,30,31)/t11-,13-,16+/m0/s1. The predicted molar refractivity (Wildman–Crippen MR) is 119 cm³/mol. The number of alkyl halides is 3. The second kappa shape index (κ2) is 9.76. The fourth-order valence-electron chi connectivity index (χ4n) is 4.04. The quantitative estimate of drug-likeness (QED) is 0.524. The minimum Gasteiger partial charge on any atom is -0.372 e. The van der Waals surface area contributed by atoms with Gasteiger partial charge in [0.15, 0.2) is 17.3 Å². The number of morpholine rings is 1. The van der Waals surface area contributed by atoms with Crippen LogP contribution in [0.1, 0.15) is 35.6 Å². The van der Waals surface area contributed by atoms with Crippen molar-refractivity contribution in [1.82, 2.24) is 34.6 Å². The second-order valence-corrected chi connectivity index (χ2v) is 8.51. The van der Waals surface area contributed by atoms with Crippen molar-refractivity contribution in [3.8, 4) is 11.4 Å². The molecule has 3 aromatic rings. The number of carbonyl (C=O) groups excluding carboxylic acids is 1. The summed E-state index contributed by atoms with van der Waals surface area (Å²) >= 11 is 0. The Kier molecular flexibility index (Phi) is 6.89. The minimum absolute atomic E-state index is 0.0182. The molecule has 1 aliphatic heterocycles. The number of hydrogen-bond donors (Lipinski definition) is 1. The van der Waals surface area contributed by atoms with Gasteiger partial charge in [0.1, 0.15) is 0 Å². The van der Waals surface area contributed by atoms with Crippen LogP contribution in [0.4, 0.5) is 23.5 Å². The van der Waals surface area contributed by atoms with Crippen LogP contribution in [0.5, 0.6) is 0 Å². The highest BCUT2D eigenvalue weighted by molar-refractivity contribution is 5.99. The number of carbonyl (C=O) groups is 1. The molecular weight excluding hydrogens is 484 g/mol. The van der Waals surface area contributed by atoms with Crippen LogP contribution >= 0.6 is 0 Å². The van der Waals surface area contributed by atoms with Crippen molar-refractivity contribution in [3.05, 3.63) is 47.6 Å². The maximum absolute atomic E-state index is 13.8. The van der Waals surface area contributed by atoms with Crippen LogP contribution in [0.25, 0.3) is 11.4 Å². The number of amides is 1. The molecule has 14 heteroatoms. The molecule has 1 fully saturated rings. The lowest BCUT2D eigenvalue weighted by Gasteiger charge is -2.42. The van der Waals surface area contributed by atoms with Gasteiger partial charge in [0.2, 0.25) is 5.95 Å². The van der Waals surface area contributed by atoms with E-state index in [0.29, 0.717) is 23.7 Å². The molecule has 0 spiro atoms. The van der Waals surface area contributed by atoms with Gasteiger partial charge in [-0.05, 0) is 20.8 Å². The SMILES string of the molecule is Cc1c(-c2ncc(F)cn2)c(C(=O)N2C[C@H](C)O[C@@H](C)[C@H]2CNc2ncc(C(F)(F)F)cn2)nn1C. The van der Waals surface area contributed by atoms with Gasteiger partial charge in [-0.15, -0.1) is 0 Å². The van der Waals surface area contributed by atoms with Crippen LogP contribution in [0.3, 0.4) is 0 Å². The first-order valence-electron chi connectivity index (χ1n) is 11.1. The molecule has 4 rings (SSSR count). The highest BCUT2D eigenvalue weighted by atomic mass is 19.4. The van der Waals surface area contributed by atoms with Crippen molar-refractivity contribution in [3.63, 3.8) is 0 Å². The molecule has 0 bridgehead atoms. The van der Waals surface area contributed by atoms with Crippen LogP contribution < -0.4 is 5.32 Å². The van der Waals surface area contributed by atoms with Gasteiger partial charge < -0.3 is 15.0 Å². The summed E-state index contributed by atoms with van der Waals surface area (Å²) in [6.45, 7) is 5.72. The number of nitrogens with one attached hydrogen (secondary N) is 1. The Morgan fingerprint density at radius 1 is 1.14 bits per heavy atom. The zero-order valence-corrected chi connectivity index (χ0v) is 19.9. The zero-order chi connectivity index (χ0) is 26.2. The highest BCUT2D eigenvalue weighted by Gasteiger charge is 2.39. The number of halogens is 4. The van der Waals surface area contributed by atoms with Gasteiger partial charge in [-0.25, -0.2) is 24.3 Å². The number of aromatic nitrogens is 6. The van der Waals surface area contributed by atoms with E-state index in [9.17, 15) is 22.4 Å². The summed E-state index contributed by atoms with van der Waals surface area (Å²) in [4.78, 5) is 30.8. The van der Waals surface area contributed by atoms with Gasteiger partial charge in [0, 0.05) is 38.2 Å². The van der Waals surface area contributed by atoms with Crippen molar-refractivity contribution in [2.45, 2.75) is 45.2 Å².